The van der Waals surface area contributed by atoms with E-state index >= 15 is 0 Å². The van der Waals surface area contributed by atoms with E-state index in [1.54, 1.807) is 11.3 Å². The predicted molar refractivity (Wildman–Crippen MR) is 77.1 cm³/mol. The number of H-pyrrole nitrogens is 1. The summed E-state index contributed by atoms with van der Waals surface area (Å²) in [5.74, 6) is 0.547. The first kappa shape index (κ1) is 12.5. The third-order valence-corrected chi connectivity index (χ3v) is 4.18. The summed E-state index contributed by atoms with van der Waals surface area (Å²) in [7, 11) is 0. The van der Waals surface area contributed by atoms with Gasteiger partial charge in [-0.15, -0.1) is 11.3 Å². The lowest BCUT2D eigenvalue weighted by atomic mass is 10.3. The van der Waals surface area contributed by atoms with Crippen LogP contribution in [0.2, 0.25) is 0 Å². The normalized spacial score (nSPS) is 10.5. The second kappa shape index (κ2) is 5.13. The molecule has 0 unspecified atom stereocenters. The Morgan fingerprint density at radius 3 is 3.00 bits per heavy atom. The van der Waals surface area contributed by atoms with Crippen LogP contribution in [0.15, 0.2) is 11.1 Å². The number of halogens is 1. The summed E-state index contributed by atoms with van der Waals surface area (Å²) in [5, 5.41) is 3.85. The van der Waals surface area contributed by atoms with E-state index in [0.717, 1.165) is 17.2 Å². The van der Waals surface area contributed by atoms with Crippen LogP contribution in [0.25, 0.3) is 0 Å². The lowest BCUT2D eigenvalue weighted by molar-refractivity contribution is 1.04. The Kier molecular flexibility index (Phi) is 3.77. The van der Waals surface area contributed by atoms with E-state index in [0.29, 0.717) is 9.39 Å². The summed E-state index contributed by atoms with van der Waals surface area (Å²) < 4.78 is 0.538. The molecular formula is C10H11IN4OS. The summed E-state index contributed by atoms with van der Waals surface area (Å²) >= 11 is 3.54. The minimum Gasteiger partial charge on any atom is -0.315 e. The first-order valence-electron chi connectivity index (χ1n) is 5.08. The van der Waals surface area contributed by atoms with Crippen LogP contribution in [-0.4, -0.2) is 15.0 Å². The van der Waals surface area contributed by atoms with E-state index in [1.807, 2.05) is 29.5 Å². The van der Waals surface area contributed by atoms with E-state index < -0.39 is 0 Å². The molecule has 0 fully saturated rings. The zero-order chi connectivity index (χ0) is 12.4. The van der Waals surface area contributed by atoms with Gasteiger partial charge < -0.3 is 10.3 Å². The molecule has 90 valence electrons. The Morgan fingerprint density at radius 1 is 1.59 bits per heavy atom. The van der Waals surface area contributed by atoms with E-state index in [4.69, 9.17) is 0 Å². The number of aryl methyl sites for hydroxylation is 2. The Labute approximate surface area is 116 Å². The van der Waals surface area contributed by atoms with Gasteiger partial charge in [0.1, 0.15) is 3.57 Å². The van der Waals surface area contributed by atoms with Crippen molar-refractivity contribution < 1.29 is 0 Å². The number of aromatic amines is 1. The Hall–Kier alpha value is -0.960. The van der Waals surface area contributed by atoms with Crippen LogP contribution >= 0.6 is 33.9 Å². The van der Waals surface area contributed by atoms with Crippen molar-refractivity contribution in [3.63, 3.8) is 0 Å². The first-order valence-corrected chi connectivity index (χ1v) is 6.97. The fourth-order valence-electron chi connectivity index (χ4n) is 1.38. The van der Waals surface area contributed by atoms with Gasteiger partial charge >= 0.3 is 0 Å². The smallest absolute Gasteiger partial charge is 0.266 e. The summed E-state index contributed by atoms with van der Waals surface area (Å²) in [6, 6.07) is 0. The van der Waals surface area contributed by atoms with Crippen LogP contribution in [-0.2, 0) is 6.42 Å². The minimum absolute atomic E-state index is 0.146. The standard InChI is InChI=1S/C10H11IN4OS/c1-3-6-5(2)17-10(14-6)15-8-7(11)9(16)13-4-12-8/h4H,3H2,1-2H3,(H2,12,13,14,15,16). The summed E-state index contributed by atoms with van der Waals surface area (Å²) in [5.41, 5.74) is 0.935. The third kappa shape index (κ3) is 2.65. The zero-order valence-electron chi connectivity index (χ0n) is 9.37. The summed E-state index contributed by atoms with van der Waals surface area (Å²) in [6.45, 7) is 4.11. The van der Waals surface area contributed by atoms with Crippen molar-refractivity contribution in [2.45, 2.75) is 20.3 Å². The molecule has 0 amide bonds. The third-order valence-electron chi connectivity index (χ3n) is 2.25. The maximum Gasteiger partial charge on any atom is 0.266 e. The van der Waals surface area contributed by atoms with Gasteiger partial charge in [0.15, 0.2) is 10.9 Å². The number of rotatable bonds is 3. The van der Waals surface area contributed by atoms with Gasteiger partial charge in [-0.25, -0.2) is 9.97 Å². The van der Waals surface area contributed by atoms with Crippen molar-refractivity contribution in [1.29, 1.82) is 0 Å². The van der Waals surface area contributed by atoms with Crippen molar-refractivity contribution in [1.82, 2.24) is 15.0 Å². The minimum atomic E-state index is -0.146. The molecule has 0 radical (unpaired) electrons. The molecule has 0 aliphatic rings. The van der Waals surface area contributed by atoms with Crippen LogP contribution in [0.3, 0.4) is 0 Å². The van der Waals surface area contributed by atoms with Crippen molar-refractivity contribution in [3.05, 3.63) is 30.8 Å². The maximum atomic E-state index is 11.4. The van der Waals surface area contributed by atoms with Crippen molar-refractivity contribution >= 4 is 44.9 Å². The highest BCUT2D eigenvalue weighted by atomic mass is 127. The second-order valence-corrected chi connectivity index (χ2v) is 5.68. The SMILES string of the molecule is CCc1nc(Nc2nc[nH]c(=O)c2I)sc1C. The summed E-state index contributed by atoms with van der Waals surface area (Å²) in [4.78, 5) is 23.6. The predicted octanol–water partition coefficient (Wildman–Crippen LogP) is 2.45. The molecule has 2 aromatic heterocycles. The van der Waals surface area contributed by atoms with Gasteiger partial charge in [0, 0.05) is 4.88 Å². The van der Waals surface area contributed by atoms with E-state index in [1.165, 1.54) is 11.2 Å². The molecule has 2 N–H and O–H groups in total. The van der Waals surface area contributed by atoms with Crippen molar-refractivity contribution in [2.24, 2.45) is 0 Å². The molecule has 0 aliphatic carbocycles. The molecular weight excluding hydrogens is 351 g/mol. The number of nitrogens with zero attached hydrogens (tertiary/aromatic N) is 2. The van der Waals surface area contributed by atoms with Crippen LogP contribution in [0.4, 0.5) is 10.9 Å². The lowest BCUT2D eigenvalue weighted by Gasteiger charge is -2.02. The monoisotopic (exact) mass is 362 g/mol. The molecule has 0 saturated heterocycles. The number of aromatic nitrogens is 3. The molecule has 2 aromatic rings. The average Bonchev–Trinajstić information content (AvgIpc) is 2.65. The molecule has 0 aliphatic heterocycles. The molecule has 0 bridgehead atoms. The van der Waals surface area contributed by atoms with E-state index in [-0.39, 0.29) is 5.56 Å². The molecule has 0 saturated carbocycles. The molecule has 7 heteroatoms. The van der Waals surface area contributed by atoms with E-state index in [2.05, 4.69) is 27.2 Å². The van der Waals surface area contributed by atoms with Gasteiger partial charge in [0.05, 0.1) is 12.0 Å². The number of anilines is 2. The van der Waals surface area contributed by atoms with Crippen LogP contribution in [0, 0.1) is 10.5 Å². The first-order chi connectivity index (χ1) is 8.11. The second-order valence-electron chi connectivity index (χ2n) is 3.39. The molecule has 0 atom stereocenters. The van der Waals surface area contributed by atoms with Crippen LogP contribution in [0.5, 0.6) is 0 Å². The highest BCUT2D eigenvalue weighted by molar-refractivity contribution is 14.1. The topological polar surface area (TPSA) is 70.7 Å². The number of hydrogen-bond acceptors (Lipinski definition) is 5. The maximum absolute atomic E-state index is 11.4. The highest BCUT2D eigenvalue weighted by Crippen LogP contribution is 2.25. The summed E-state index contributed by atoms with van der Waals surface area (Å²) in [6.07, 6.45) is 2.29. The Morgan fingerprint density at radius 2 is 2.35 bits per heavy atom. The molecule has 2 heterocycles. The van der Waals surface area contributed by atoms with Gasteiger partial charge in [-0.1, -0.05) is 6.92 Å². The average molecular weight is 362 g/mol. The molecule has 0 aromatic carbocycles. The highest BCUT2D eigenvalue weighted by Gasteiger charge is 2.09. The zero-order valence-corrected chi connectivity index (χ0v) is 12.3. The van der Waals surface area contributed by atoms with Crippen LogP contribution < -0.4 is 10.9 Å². The molecule has 2 rings (SSSR count). The number of hydrogen-bond donors (Lipinski definition) is 2. The number of nitrogens with one attached hydrogen (secondary N) is 2. The molecule has 0 spiro atoms. The van der Waals surface area contributed by atoms with Crippen LogP contribution in [0.1, 0.15) is 17.5 Å². The Balaban J connectivity index is 2.31. The van der Waals surface area contributed by atoms with Crippen molar-refractivity contribution in [2.75, 3.05) is 5.32 Å². The van der Waals surface area contributed by atoms with Gasteiger partial charge in [-0.2, -0.15) is 0 Å². The fourth-order valence-corrected chi connectivity index (χ4v) is 2.71. The van der Waals surface area contributed by atoms with Gasteiger partial charge in [-0.3, -0.25) is 4.79 Å². The van der Waals surface area contributed by atoms with Crippen molar-refractivity contribution in [3.8, 4) is 0 Å². The molecule has 5 nitrogen and oxygen atoms in total. The van der Waals surface area contributed by atoms with Gasteiger partial charge in [-0.05, 0) is 35.9 Å². The largest absolute Gasteiger partial charge is 0.315 e. The van der Waals surface area contributed by atoms with E-state index in [9.17, 15) is 4.79 Å². The Bertz CT molecular complexity index is 592. The fraction of sp³-hybridized carbons (Fsp3) is 0.300. The van der Waals surface area contributed by atoms with Gasteiger partial charge in [0.25, 0.3) is 5.56 Å². The quantitative estimate of drug-likeness (QED) is 0.823. The molecule has 17 heavy (non-hydrogen) atoms. The van der Waals surface area contributed by atoms with Gasteiger partial charge in [0.2, 0.25) is 0 Å². The lowest BCUT2D eigenvalue weighted by Crippen LogP contribution is -2.12. The number of thiazole rings is 1.